The third kappa shape index (κ3) is 3.48. The van der Waals surface area contributed by atoms with E-state index in [4.69, 9.17) is 5.73 Å². The van der Waals surface area contributed by atoms with Crippen molar-refractivity contribution in [2.24, 2.45) is 0 Å². The average Bonchev–Trinajstić information content (AvgIpc) is 2.32. The van der Waals surface area contributed by atoms with Crippen LogP contribution in [0, 0.1) is 0 Å². The molecule has 0 heterocycles. The van der Waals surface area contributed by atoms with Crippen LogP contribution in [-0.2, 0) is 9.84 Å². The van der Waals surface area contributed by atoms with Crippen molar-refractivity contribution in [2.45, 2.75) is 4.90 Å². The monoisotopic (exact) mass is 340 g/mol. The van der Waals surface area contributed by atoms with E-state index in [0.717, 1.165) is 15.8 Å². The summed E-state index contributed by atoms with van der Waals surface area (Å²) < 4.78 is 23.6. The van der Waals surface area contributed by atoms with Gasteiger partial charge in [0.25, 0.3) is 0 Å². The minimum atomic E-state index is -3.16. The molecule has 6 heteroatoms. The summed E-state index contributed by atoms with van der Waals surface area (Å²) in [5, 5.41) is 3.14. The van der Waals surface area contributed by atoms with E-state index in [0.29, 0.717) is 10.6 Å². The first-order valence-corrected chi connectivity index (χ1v) is 8.17. The lowest BCUT2D eigenvalue weighted by Crippen LogP contribution is -1.98. The molecule has 0 aromatic heterocycles. The highest BCUT2D eigenvalue weighted by Crippen LogP contribution is 2.26. The summed E-state index contributed by atoms with van der Waals surface area (Å²) in [6.45, 7) is 0. The molecule has 0 spiro atoms. The van der Waals surface area contributed by atoms with Crippen molar-refractivity contribution in [1.82, 2.24) is 0 Å². The van der Waals surface area contributed by atoms with Crippen molar-refractivity contribution < 1.29 is 8.42 Å². The summed E-state index contributed by atoms with van der Waals surface area (Å²) in [6, 6.07) is 12.1. The summed E-state index contributed by atoms with van der Waals surface area (Å²) in [5.41, 5.74) is 8.05. The lowest BCUT2D eigenvalue weighted by atomic mass is 10.2. The zero-order valence-corrected chi connectivity index (χ0v) is 12.6. The number of rotatable bonds is 3. The van der Waals surface area contributed by atoms with Crippen LogP contribution in [0.3, 0.4) is 0 Å². The maximum Gasteiger partial charge on any atom is 0.175 e. The molecule has 0 aliphatic carbocycles. The van der Waals surface area contributed by atoms with E-state index in [1.165, 1.54) is 6.26 Å². The van der Waals surface area contributed by atoms with E-state index in [2.05, 4.69) is 21.2 Å². The maximum absolute atomic E-state index is 11.3. The smallest absolute Gasteiger partial charge is 0.175 e. The topological polar surface area (TPSA) is 72.2 Å². The normalized spacial score (nSPS) is 11.3. The van der Waals surface area contributed by atoms with Crippen molar-refractivity contribution in [2.75, 3.05) is 17.3 Å². The van der Waals surface area contributed by atoms with Crippen LogP contribution in [0.5, 0.6) is 0 Å². The SMILES string of the molecule is CS(=O)(=O)c1ccc(Nc2ccc(Br)cc2N)cc1. The lowest BCUT2D eigenvalue weighted by Gasteiger charge is -2.10. The number of halogens is 1. The molecular formula is C13H13BrN2O2S. The molecule has 3 N–H and O–H groups in total. The highest BCUT2D eigenvalue weighted by atomic mass is 79.9. The predicted octanol–water partition coefficient (Wildman–Crippen LogP) is 3.18. The minimum absolute atomic E-state index is 0.293. The molecule has 2 aromatic carbocycles. The first-order valence-electron chi connectivity index (χ1n) is 5.48. The van der Waals surface area contributed by atoms with Crippen molar-refractivity contribution in [3.8, 4) is 0 Å². The van der Waals surface area contributed by atoms with Crippen molar-refractivity contribution >= 4 is 42.8 Å². The molecule has 0 fully saturated rings. The van der Waals surface area contributed by atoms with Crippen molar-refractivity contribution in [1.29, 1.82) is 0 Å². The summed E-state index contributed by atoms with van der Waals surface area (Å²) in [5.74, 6) is 0. The summed E-state index contributed by atoms with van der Waals surface area (Å²) in [7, 11) is -3.16. The van der Waals surface area contributed by atoms with Crippen LogP contribution in [0.25, 0.3) is 0 Å². The van der Waals surface area contributed by atoms with E-state index in [9.17, 15) is 8.42 Å². The Kier molecular flexibility index (Phi) is 3.82. The van der Waals surface area contributed by atoms with Crippen molar-refractivity contribution in [3.05, 3.63) is 46.9 Å². The van der Waals surface area contributed by atoms with Crippen LogP contribution < -0.4 is 11.1 Å². The molecular weight excluding hydrogens is 328 g/mol. The zero-order chi connectivity index (χ0) is 14.0. The van der Waals surface area contributed by atoms with E-state index in [1.54, 1.807) is 30.3 Å². The largest absolute Gasteiger partial charge is 0.397 e. The third-order valence-corrected chi connectivity index (χ3v) is 4.20. The summed E-state index contributed by atoms with van der Waals surface area (Å²) >= 11 is 3.34. The molecule has 2 aromatic rings. The van der Waals surface area contributed by atoms with Crippen LogP contribution in [-0.4, -0.2) is 14.7 Å². The van der Waals surface area contributed by atoms with Gasteiger partial charge < -0.3 is 11.1 Å². The van der Waals surface area contributed by atoms with Crippen LogP contribution in [0.2, 0.25) is 0 Å². The van der Waals surface area contributed by atoms with Gasteiger partial charge in [0.1, 0.15) is 0 Å². The number of hydrogen-bond donors (Lipinski definition) is 2. The molecule has 0 unspecified atom stereocenters. The van der Waals surface area contributed by atoms with Gasteiger partial charge in [-0.05, 0) is 42.5 Å². The summed E-state index contributed by atoms with van der Waals surface area (Å²) in [4.78, 5) is 0.293. The number of nitrogens with one attached hydrogen (secondary N) is 1. The Hall–Kier alpha value is -1.53. The predicted molar refractivity (Wildman–Crippen MR) is 81.4 cm³/mol. The second kappa shape index (κ2) is 5.22. The molecule has 0 aliphatic heterocycles. The highest BCUT2D eigenvalue weighted by Gasteiger charge is 2.06. The van der Waals surface area contributed by atoms with Gasteiger partial charge in [-0.25, -0.2) is 8.42 Å². The van der Waals surface area contributed by atoms with Gasteiger partial charge in [-0.3, -0.25) is 0 Å². The van der Waals surface area contributed by atoms with E-state index in [-0.39, 0.29) is 0 Å². The quantitative estimate of drug-likeness (QED) is 0.841. The number of sulfone groups is 1. The Morgan fingerprint density at radius 3 is 2.26 bits per heavy atom. The fraction of sp³-hybridized carbons (Fsp3) is 0.0769. The van der Waals surface area contributed by atoms with Crippen LogP contribution in [0.4, 0.5) is 17.1 Å². The van der Waals surface area contributed by atoms with Crippen LogP contribution >= 0.6 is 15.9 Å². The standard InChI is InChI=1S/C13H13BrN2O2S/c1-19(17,18)11-5-3-10(4-6-11)16-13-7-2-9(14)8-12(13)15/h2-8,16H,15H2,1H3. The highest BCUT2D eigenvalue weighted by molar-refractivity contribution is 9.10. The van der Waals surface area contributed by atoms with E-state index >= 15 is 0 Å². The van der Waals surface area contributed by atoms with Crippen LogP contribution in [0.15, 0.2) is 51.8 Å². The minimum Gasteiger partial charge on any atom is -0.397 e. The molecule has 4 nitrogen and oxygen atoms in total. The number of anilines is 3. The third-order valence-electron chi connectivity index (χ3n) is 2.58. The lowest BCUT2D eigenvalue weighted by molar-refractivity contribution is 0.602. The number of benzene rings is 2. The second-order valence-electron chi connectivity index (χ2n) is 4.15. The zero-order valence-electron chi connectivity index (χ0n) is 10.2. The van der Waals surface area contributed by atoms with Gasteiger partial charge >= 0.3 is 0 Å². The first-order chi connectivity index (χ1) is 8.86. The molecule has 0 amide bonds. The summed E-state index contributed by atoms with van der Waals surface area (Å²) in [6.07, 6.45) is 1.18. The fourth-order valence-corrected chi connectivity index (χ4v) is 2.60. The van der Waals surface area contributed by atoms with Crippen LogP contribution in [0.1, 0.15) is 0 Å². The number of hydrogen-bond acceptors (Lipinski definition) is 4. The van der Waals surface area contributed by atoms with E-state index in [1.807, 2.05) is 12.1 Å². The molecule has 0 saturated heterocycles. The Morgan fingerprint density at radius 2 is 1.74 bits per heavy atom. The van der Waals surface area contributed by atoms with E-state index < -0.39 is 9.84 Å². The van der Waals surface area contributed by atoms with Crippen molar-refractivity contribution in [3.63, 3.8) is 0 Å². The number of nitrogens with two attached hydrogens (primary N) is 1. The van der Waals surface area contributed by atoms with Gasteiger partial charge in [-0.15, -0.1) is 0 Å². The molecule has 2 rings (SSSR count). The molecule has 0 saturated carbocycles. The number of nitrogen functional groups attached to an aromatic ring is 1. The molecule has 100 valence electrons. The Balaban J connectivity index is 2.25. The average molecular weight is 341 g/mol. The second-order valence-corrected chi connectivity index (χ2v) is 7.08. The van der Waals surface area contributed by atoms with Gasteiger partial charge in [0.2, 0.25) is 0 Å². The molecule has 0 radical (unpaired) electrons. The van der Waals surface area contributed by atoms with Gasteiger partial charge in [-0.1, -0.05) is 15.9 Å². The molecule has 0 aliphatic rings. The first kappa shape index (κ1) is 13.9. The Morgan fingerprint density at radius 1 is 1.11 bits per heavy atom. The fourth-order valence-electron chi connectivity index (χ4n) is 1.59. The Bertz CT molecular complexity index is 697. The molecule has 0 atom stereocenters. The van der Waals surface area contributed by atoms with Gasteiger partial charge in [0.05, 0.1) is 16.3 Å². The molecule has 0 bridgehead atoms. The Labute approximate surface area is 120 Å². The van der Waals surface area contributed by atoms with Gasteiger partial charge in [-0.2, -0.15) is 0 Å². The van der Waals surface area contributed by atoms with Gasteiger partial charge in [0, 0.05) is 16.4 Å². The maximum atomic E-state index is 11.3. The van der Waals surface area contributed by atoms with Gasteiger partial charge in [0.15, 0.2) is 9.84 Å². The molecule has 19 heavy (non-hydrogen) atoms.